The van der Waals surface area contributed by atoms with Crippen LogP contribution in [-0.4, -0.2) is 123 Å². The molecule has 11 nitrogen and oxygen atoms in total. The third-order valence-electron chi connectivity index (χ3n) is 13.1. The first kappa shape index (κ1) is 31.5. The van der Waals surface area contributed by atoms with Crippen LogP contribution in [0.25, 0.3) is 0 Å². The van der Waals surface area contributed by atoms with Crippen LogP contribution in [0, 0.1) is 34.5 Å². The Morgan fingerprint density at radius 2 is 1.71 bits per heavy atom. The zero-order valence-electron chi connectivity index (χ0n) is 27.0. The standard InChI is InChI=1S/C34H47NO10/c1-7-35-16-31(17-40-3)14-13-20(41-4)33-22-23-29(44-30(38)19-11-9-8-10-12-19)34(39,28(22)37)21(42-5)15-32(23,45-18(2)36)24(27(33)35)25(43-6)26(31)33/h8-12,20-29,37,39H,7,13-17H2,1-6H3/t20?,21-,22-,23+,24-,25-,26+,27+,28+,29+,31-,32+,33+,34-/m0/s1. The molecule has 7 rings (SSSR count). The van der Waals surface area contributed by atoms with Gasteiger partial charge in [-0.15, -0.1) is 0 Å². The van der Waals surface area contributed by atoms with E-state index in [9.17, 15) is 19.8 Å². The predicted molar refractivity (Wildman–Crippen MR) is 159 cm³/mol. The van der Waals surface area contributed by atoms with Crippen molar-refractivity contribution in [2.75, 3.05) is 48.1 Å². The number of hydrogen-bond acceptors (Lipinski definition) is 11. The molecule has 14 atom stereocenters. The van der Waals surface area contributed by atoms with Crippen LogP contribution in [0.1, 0.15) is 43.5 Å². The third-order valence-corrected chi connectivity index (χ3v) is 13.1. The van der Waals surface area contributed by atoms with E-state index in [4.69, 9.17) is 28.4 Å². The van der Waals surface area contributed by atoms with E-state index in [0.717, 1.165) is 19.4 Å². The zero-order chi connectivity index (χ0) is 32.1. The summed E-state index contributed by atoms with van der Waals surface area (Å²) in [5.74, 6) is -3.10. The van der Waals surface area contributed by atoms with Gasteiger partial charge in [0, 0.05) is 88.9 Å². The summed E-state index contributed by atoms with van der Waals surface area (Å²) in [6.45, 7) is 5.46. The smallest absolute Gasteiger partial charge is 0.338 e. The van der Waals surface area contributed by atoms with Crippen LogP contribution in [0.15, 0.2) is 30.3 Å². The average molecular weight is 630 g/mol. The Hall–Kier alpha value is -2.12. The summed E-state index contributed by atoms with van der Waals surface area (Å²) in [4.78, 5) is 29.4. The van der Waals surface area contributed by atoms with Crippen molar-refractivity contribution in [1.82, 2.24) is 4.90 Å². The third kappa shape index (κ3) is 3.66. The van der Waals surface area contributed by atoms with Crippen molar-refractivity contribution >= 4 is 11.9 Å². The van der Waals surface area contributed by atoms with Crippen LogP contribution in [0.3, 0.4) is 0 Å². The molecule has 0 radical (unpaired) electrons. The quantitative estimate of drug-likeness (QED) is 0.387. The molecule has 1 saturated heterocycles. The number of fused-ring (bicyclic) bond motifs is 2. The number of rotatable bonds is 9. The van der Waals surface area contributed by atoms with E-state index in [2.05, 4.69) is 11.8 Å². The molecule has 7 bridgehead atoms. The average Bonchev–Trinajstić information content (AvgIpc) is 3.34. The minimum atomic E-state index is -1.97. The molecule has 1 heterocycles. The van der Waals surface area contributed by atoms with Gasteiger partial charge < -0.3 is 38.6 Å². The highest BCUT2D eigenvalue weighted by Gasteiger charge is 2.91. The highest BCUT2D eigenvalue weighted by Crippen LogP contribution is 2.80. The van der Waals surface area contributed by atoms with Crippen molar-refractivity contribution in [3.63, 3.8) is 0 Å². The number of hydrogen-bond donors (Lipinski definition) is 2. The Kier molecular flexibility index (Phi) is 7.48. The largest absolute Gasteiger partial charge is 0.458 e. The molecule has 1 spiro atoms. The van der Waals surface area contributed by atoms with Crippen molar-refractivity contribution in [2.24, 2.45) is 34.5 Å². The van der Waals surface area contributed by atoms with E-state index in [-0.39, 0.29) is 29.9 Å². The van der Waals surface area contributed by atoms with E-state index in [1.165, 1.54) is 14.0 Å². The van der Waals surface area contributed by atoms with Crippen molar-refractivity contribution in [2.45, 2.75) is 80.9 Å². The van der Waals surface area contributed by atoms with Crippen LogP contribution in [-0.2, 0) is 33.2 Å². The van der Waals surface area contributed by atoms with Crippen molar-refractivity contribution in [3.8, 4) is 0 Å². The monoisotopic (exact) mass is 629 g/mol. The molecule has 2 N–H and O–H groups in total. The molecule has 1 aromatic rings. The van der Waals surface area contributed by atoms with Gasteiger partial charge in [0.05, 0.1) is 36.6 Å². The van der Waals surface area contributed by atoms with Gasteiger partial charge >= 0.3 is 11.9 Å². The minimum absolute atomic E-state index is 0.119. The second kappa shape index (κ2) is 10.7. The Morgan fingerprint density at radius 1 is 1.00 bits per heavy atom. The number of ether oxygens (including phenoxy) is 6. The van der Waals surface area contributed by atoms with Gasteiger partial charge in [-0.3, -0.25) is 9.69 Å². The van der Waals surface area contributed by atoms with Gasteiger partial charge in [0.15, 0.2) is 5.60 Å². The second-order valence-corrected chi connectivity index (χ2v) is 14.3. The summed E-state index contributed by atoms with van der Waals surface area (Å²) >= 11 is 0. The van der Waals surface area contributed by atoms with Gasteiger partial charge in [-0.2, -0.15) is 0 Å². The maximum absolute atomic E-state index is 13.7. The molecule has 0 aromatic heterocycles. The van der Waals surface area contributed by atoms with Crippen molar-refractivity contribution in [3.05, 3.63) is 35.9 Å². The predicted octanol–water partition coefficient (Wildman–Crippen LogP) is 1.68. The molecule has 248 valence electrons. The van der Waals surface area contributed by atoms with Crippen LogP contribution < -0.4 is 0 Å². The van der Waals surface area contributed by atoms with E-state index in [1.807, 2.05) is 0 Å². The lowest BCUT2D eigenvalue weighted by Gasteiger charge is -2.69. The highest BCUT2D eigenvalue weighted by atomic mass is 16.6. The maximum Gasteiger partial charge on any atom is 0.338 e. The van der Waals surface area contributed by atoms with E-state index in [1.54, 1.807) is 51.7 Å². The Balaban J connectivity index is 1.52. The lowest BCUT2D eigenvalue weighted by Crippen LogP contribution is -2.77. The summed E-state index contributed by atoms with van der Waals surface area (Å²) in [6, 6.07) is 8.38. The molecular weight excluding hydrogens is 582 g/mol. The number of carbonyl (C=O) groups excluding carboxylic acids is 2. The van der Waals surface area contributed by atoms with Gasteiger partial charge in [-0.1, -0.05) is 25.1 Å². The van der Waals surface area contributed by atoms with Crippen molar-refractivity contribution in [1.29, 1.82) is 0 Å². The van der Waals surface area contributed by atoms with Crippen LogP contribution in [0.2, 0.25) is 0 Å². The number of aliphatic hydroxyl groups is 2. The number of nitrogens with zero attached hydrogens (tertiary/aromatic N) is 1. The van der Waals surface area contributed by atoms with E-state index < -0.39 is 70.7 Å². The first-order chi connectivity index (χ1) is 21.6. The fraction of sp³-hybridized carbons (Fsp3) is 0.765. The molecule has 11 heteroatoms. The van der Waals surface area contributed by atoms with Gasteiger partial charge in [0.1, 0.15) is 11.7 Å². The molecule has 1 aromatic carbocycles. The molecule has 1 aliphatic heterocycles. The molecular formula is C34H47NO10. The molecule has 5 saturated carbocycles. The number of esters is 2. The normalized spacial score (nSPS) is 49.1. The summed E-state index contributed by atoms with van der Waals surface area (Å²) in [7, 11) is 6.61. The Labute approximate surface area is 264 Å². The number of aliphatic hydroxyl groups excluding tert-OH is 1. The number of likely N-dealkylation sites (tertiary alicyclic amines) is 1. The number of carbonyl (C=O) groups is 2. The topological polar surface area (TPSA) is 133 Å². The lowest BCUT2D eigenvalue weighted by atomic mass is 9.43. The number of piperidine rings is 1. The number of benzene rings is 1. The first-order valence-electron chi connectivity index (χ1n) is 16.2. The summed E-state index contributed by atoms with van der Waals surface area (Å²) in [6.07, 6.45) is -2.65. The van der Waals surface area contributed by atoms with Gasteiger partial charge in [0.25, 0.3) is 0 Å². The minimum Gasteiger partial charge on any atom is -0.458 e. The van der Waals surface area contributed by atoms with Crippen LogP contribution in [0.4, 0.5) is 0 Å². The maximum atomic E-state index is 13.7. The van der Waals surface area contributed by atoms with Crippen LogP contribution >= 0.6 is 0 Å². The zero-order valence-corrected chi connectivity index (χ0v) is 27.0. The molecule has 6 fully saturated rings. The molecule has 5 aliphatic carbocycles. The molecule has 0 amide bonds. The Morgan fingerprint density at radius 3 is 2.31 bits per heavy atom. The van der Waals surface area contributed by atoms with E-state index >= 15 is 0 Å². The van der Waals surface area contributed by atoms with Crippen molar-refractivity contribution < 1.29 is 48.2 Å². The Bertz CT molecular complexity index is 1330. The lowest BCUT2D eigenvalue weighted by molar-refractivity contribution is -0.287. The molecule has 6 aliphatic rings. The first-order valence-corrected chi connectivity index (χ1v) is 16.2. The fourth-order valence-electron chi connectivity index (χ4n) is 12.3. The fourth-order valence-corrected chi connectivity index (χ4v) is 12.3. The molecule has 45 heavy (non-hydrogen) atoms. The summed E-state index contributed by atoms with van der Waals surface area (Å²) < 4.78 is 37.8. The highest BCUT2D eigenvalue weighted by molar-refractivity contribution is 5.89. The van der Waals surface area contributed by atoms with Gasteiger partial charge in [0.2, 0.25) is 0 Å². The SMILES string of the molecule is CCN1C[C@]2(COC)CCC(OC)[C@@]34[C@H]5[C@@H]6[C@@H](OC(=O)c7ccccc7)[C@](O)([C@@H](OC)C[C@]6(OC(C)=O)[C@@H]([C@H](OC)[C@H]23)[C@@H]14)[C@@H]5O. The summed E-state index contributed by atoms with van der Waals surface area (Å²) in [5, 5.41) is 25.4. The second-order valence-electron chi connectivity index (χ2n) is 14.3. The molecule has 1 unspecified atom stereocenters. The van der Waals surface area contributed by atoms with Gasteiger partial charge in [-0.05, 0) is 31.5 Å². The van der Waals surface area contributed by atoms with Crippen LogP contribution in [0.5, 0.6) is 0 Å². The van der Waals surface area contributed by atoms with Gasteiger partial charge in [-0.25, -0.2) is 4.79 Å². The number of methoxy groups -OCH3 is 4. The van der Waals surface area contributed by atoms with E-state index in [0.29, 0.717) is 18.7 Å². The summed E-state index contributed by atoms with van der Waals surface area (Å²) in [5.41, 5.74) is -4.03.